The molecular weight excluding hydrogens is 384 g/mol. The van der Waals surface area contributed by atoms with Gasteiger partial charge in [0.15, 0.2) is 5.76 Å². The smallest absolute Gasteiger partial charge is 0.291 e. The van der Waals surface area contributed by atoms with Gasteiger partial charge >= 0.3 is 0 Å². The maximum absolute atomic E-state index is 12.5. The van der Waals surface area contributed by atoms with E-state index in [-0.39, 0.29) is 29.2 Å². The highest BCUT2D eigenvalue weighted by atomic mass is 16.3. The Morgan fingerprint density at radius 1 is 1.10 bits per heavy atom. The summed E-state index contributed by atoms with van der Waals surface area (Å²) in [5.41, 5.74) is 1.02. The van der Waals surface area contributed by atoms with Crippen molar-refractivity contribution in [2.45, 2.75) is 39.7 Å². The first kappa shape index (κ1) is 21.0. The van der Waals surface area contributed by atoms with Crippen molar-refractivity contribution in [1.29, 1.82) is 0 Å². The molecule has 0 radical (unpaired) electrons. The second-order valence-corrected chi connectivity index (χ2v) is 7.94. The van der Waals surface area contributed by atoms with Crippen LogP contribution >= 0.6 is 0 Å². The molecule has 2 aromatic heterocycles. The summed E-state index contributed by atoms with van der Waals surface area (Å²) in [6.07, 6.45) is 1.43. The molecule has 2 heterocycles. The van der Waals surface area contributed by atoms with Gasteiger partial charge in [-0.3, -0.25) is 14.4 Å². The van der Waals surface area contributed by atoms with Crippen LogP contribution in [0.1, 0.15) is 58.8 Å². The second kappa shape index (κ2) is 8.36. The zero-order valence-electron chi connectivity index (χ0n) is 17.3. The fourth-order valence-corrected chi connectivity index (χ4v) is 2.79. The van der Waals surface area contributed by atoms with Crippen LogP contribution in [0.15, 0.2) is 51.9 Å². The predicted molar refractivity (Wildman–Crippen MR) is 113 cm³/mol. The Kier molecular flexibility index (Phi) is 5.86. The van der Waals surface area contributed by atoms with E-state index in [0.29, 0.717) is 17.2 Å². The molecule has 3 rings (SSSR count). The molecule has 0 saturated heterocycles. The van der Waals surface area contributed by atoms with Gasteiger partial charge in [0.2, 0.25) is 0 Å². The van der Waals surface area contributed by atoms with Gasteiger partial charge in [-0.25, -0.2) is 4.98 Å². The van der Waals surface area contributed by atoms with Crippen LogP contribution in [0.5, 0.6) is 0 Å². The molecule has 0 saturated carbocycles. The highest BCUT2D eigenvalue weighted by molar-refractivity contribution is 6.02. The number of aryl methyl sites for hydroxylation is 1. The number of nitrogens with one attached hydrogen (secondary N) is 3. The number of rotatable bonds is 5. The van der Waals surface area contributed by atoms with Crippen molar-refractivity contribution < 1.29 is 14.0 Å². The van der Waals surface area contributed by atoms with Crippen LogP contribution in [0.3, 0.4) is 0 Å². The molecule has 8 nitrogen and oxygen atoms in total. The molecule has 156 valence electrons. The SMILES string of the molecule is Cc1nc(C(C)(C)C)[nH]c(=O)c1C(=O)NCc1ccc(NC(=O)c2ccco2)cc1. The normalized spacial score (nSPS) is 11.2. The maximum Gasteiger partial charge on any atom is 0.291 e. The number of carbonyl (C=O) groups excluding carboxylic acids is 2. The van der Waals surface area contributed by atoms with Crippen LogP contribution in [0.2, 0.25) is 0 Å². The maximum atomic E-state index is 12.5. The average molecular weight is 408 g/mol. The van der Waals surface area contributed by atoms with E-state index in [9.17, 15) is 14.4 Å². The number of benzene rings is 1. The molecule has 1 aromatic carbocycles. The minimum atomic E-state index is -0.489. The van der Waals surface area contributed by atoms with E-state index in [4.69, 9.17) is 4.42 Å². The third-order valence-electron chi connectivity index (χ3n) is 4.45. The molecule has 0 unspecified atom stereocenters. The van der Waals surface area contributed by atoms with Gasteiger partial charge in [0, 0.05) is 17.6 Å². The van der Waals surface area contributed by atoms with E-state index in [1.165, 1.54) is 6.26 Å². The van der Waals surface area contributed by atoms with E-state index in [2.05, 4.69) is 20.6 Å². The predicted octanol–water partition coefficient (Wildman–Crippen LogP) is 3.15. The lowest BCUT2D eigenvalue weighted by atomic mass is 9.95. The second-order valence-electron chi connectivity index (χ2n) is 7.94. The Morgan fingerprint density at radius 3 is 2.37 bits per heavy atom. The molecule has 30 heavy (non-hydrogen) atoms. The first-order valence-corrected chi connectivity index (χ1v) is 9.48. The van der Waals surface area contributed by atoms with Crippen molar-refractivity contribution in [3.63, 3.8) is 0 Å². The van der Waals surface area contributed by atoms with E-state index in [1.54, 1.807) is 43.3 Å². The molecule has 0 bridgehead atoms. The zero-order valence-corrected chi connectivity index (χ0v) is 17.3. The van der Waals surface area contributed by atoms with Crippen LogP contribution in [-0.4, -0.2) is 21.8 Å². The Balaban J connectivity index is 1.64. The molecule has 0 aliphatic carbocycles. The number of hydrogen-bond acceptors (Lipinski definition) is 5. The number of H-pyrrole nitrogens is 1. The van der Waals surface area contributed by atoms with Crippen molar-refractivity contribution >= 4 is 17.5 Å². The average Bonchev–Trinajstić information content (AvgIpc) is 3.21. The molecule has 3 N–H and O–H groups in total. The number of anilines is 1. The minimum absolute atomic E-state index is 0.00494. The highest BCUT2D eigenvalue weighted by Gasteiger charge is 2.22. The van der Waals surface area contributed by atoms with Crippen molar-refractivity contribution in [2.75, 3.05) is 5.32 Å². The minimum Gasteiger partial charge on any atom is -0.459 e. The number of nitrogens with zero attached hydrogens (tertiary/aromatic N) is 1. The van der Waals surface area contributed by atoms with Crippen molar-refractivity contribution in [2.24, 2.45) is 0 Å². The number of furan rings is 1. The molecule has 0 spiro atoms. The van der Waals surface area contributed by atoms with Crippen molar-refractivity contribution in [3.05, 3.63) is 81.4 Å². The number of aromatic nitrogens is 2. The van der Waals surface area contributed by atoms with Gasteiger partial charge < -0.3 is 20.0 Å². The van der Waals surface area contributed by atoms with E-state index >= 15 is 0 Å². The third kappa shape index (κ3) is 4.83. The van der Waals surface area contributed by atoms with E-state index in [1.807, 2.05) is 20.8 Å². The Bertz CT molecular complexity index is 1110. The largest absolute Gasteiger partial charge is 0.459 e. The molecule has 8 heteroatoms. The van der Waals surface area contributed by atoms with E-state index < -0.39 is 11.5 Å². The molecule has 2 amide bonds. The standard InChI is InChI=1S/C22H24N4O4/c1-13-17(20(29)26-21(24-13)22(2,3)4)19(28)23-12-14-7-9-15(10-8-14)25-18(27)16-6-5-11-30-16/h5-11H,12H2,1-4H3,(H,23,28)(H,25,27)(H,24,26,29). The summed E-state index contributed by atoms with van der Waals surface area (Å²) >= 11 is 0. The third-order valence-corrected chi connectivity index (χ3v) is 4.45. The molecular formula is C22H24N4O4. The lowest BCUT2D eigenvalue weighted by Crippen LogP contribution is -2.33. The molecule has 0 atom stereocenters. The fraction of sp³-hybridized carbons (Fsp3) is 0.273. The summed E-state index contributed by atoms with van der Waals surface area (Å²) in [4.78, 5) is 44.0. The summed E-state index contributed by atoms with van der Waals surface area (Å²) in [5, 5.41) is 5.46. The Morgan fingerprint density at radius 2 is 1.80 bits per heavy atom. The highest BCUT2D eigenvalue weighted by Crippen LogP contribution is 2.17. The Hall–Kier alpha value is -3.68. The van der Waals surface area contributed by atoms with Crippen molar-refractivity contribution in [1.82, 2.24) is 15.3 Å². The van der Waals surface area contributed by atoms with Crippen molar-refractivity contribution in [3.8, 4) is 0 Å². The van der Waals surface area contributed by atoms with Crippen LogP contribution in [0, 0.1) is 6.92 Å². The first-order valence-electron chi connectivity index (χ1n) is 9.48. The lowest BCUT2D eigenvalue weighted by molar-refractivity contribution is 0.0947. The van der Waals surface area contributed by atoms with Crippen LogP contribution < -0.4 is 16.2 Å². The van der Waals surface area contributed by atoms with Gasteiger partial charge in [-0.1, -0.05) is 32.9 Å². The zero-order chi connectivity index (χ0) is 21.9. The molecule has 0 aliphatic rings. The molecule has 0 aliphatic heterocycles. The number of hydrogen-bond donors (Lipinski definition) is 3. The van der Waals surface area contributed by atoms with E-state index in [0.717, 1.165) is 5.56 Å². The number of carbonyl (C=O) groups is 2. The van der Waals surface area contributed by atoms with Gasteiger partial charge in [-0.2, -0.15) is 0 Å². The van der Waals surface area contributed by atoms with Crippen LogP contribution in [0.25, 0.3) is 0 Å². The summed E-state index contributed by atoms with van der Waals surface area (Å²) in [7, 11) is 0. The summed E-state index contributed by atoms with van der Waals surface area (Å²) in [6, 6.07) is 10.2. The van der Waals surface area contributed by atoms with Gasteiger partial charge in [-0.15, -0.1) is 0 Å². The summed E-state index contributed by atoms with van der Waals surface area (Å²) in [5.74, 6) is -0.0781. The van der Waals surface area contributed by atoms with Gasteiger partial charge in [0.25, 0.3) is 17.4 Å². The van der Waals surface area contributed by atoms with Gasteiger partial charge in [-0.05, 0) is 36.8 Å². The first-order chi connectivity index (χ1) is 14.1. The van der Waals surface area contributed by atoms with Crippen LogP contribution in [-0.2, 0) is 12.0 Å². The number of aromatic amines is 1. The molecule has 3 aromatic rings. The van der Waals surface area contributed by atoms with Crippen LogP contribution in [0.4, 0.5) is 5.69 Å². The quantitative estimate of drug-likeness (QED) is 0.599. The molecule has 0 fully saturated rings. The van der Waals surface area contributed by atoms with Gasteiger partial charge in [0.1, 0.15) is 11.4 Å². The Labute approximate surface area is 173 Å². The topological polar surface area (TPSA) is 117 Å². The fourth-order valence-electron chi connectivity index (χ4n) is 2.79. The monoisotopic (exact) mass is 408 g/mol. The van der Waals surface area contributed by atoms with Gasteiger partial charge in [0.05, 0.1) is 12.0 Å². The summed E-state index contributed by atoms with van der Waals surface area (Å²) < 4.78 is 5.05. The lowest BCUT2D eigenvalue weighted by Gasteiger charge is -2.18. The number of amides is 2. The summed E-state index contributed by atoms with van der Waals surface area (Å²) in [6.45, 7) is 7.68.